The SMILES string of the molecule is CC[C@@](C)(CNC(=O)c1ccc2ncsc2c1)N1CCOCC1. The molecule has 1 aliphatic rings. The van der Waals surface area contributed by atoms with Crippen LogP contribution >= 0.6 is 11.3 Å². The molecule has 0 unspecified atom stereocenters. The highest BCUT2D eigenvalue weighted by Gasteiger charge is 2.31. The van der Waals surface area contributed by atoms with E-state index < -0.39 is 0 Å². The molecule has 1 saturated heterocycles. The molecular formula is C17H23N3O2S. The van der Waals surface area contributed by atoms with Gasteiger partial charge < -0.3 is 10.1 Å². The first-order chi connectivity index (χ1) is 11.1. The number of aromatic nitrogens is 1. The second-order valence-electron chi connectivity index (χ2n) is 6.17. The van der Waals surface area contributed by atoms with Gasteiger partial charge in [0.05, 0.1) is 28.9 Å². The van der Waals surface area contributed by atoms with Gasteiger partial charge in [-0.1, -0.05) is 6.92 Å². The number of amides is 1. The van der Waals surface area contributed by atoms with Crippen molar-refractivity contribution < 1.29 is 9.53 Å². The van der Waals surface area contributed by atoms with Crippen molar-refractivity contribution in [1.29, 1.82) is 0 Å². The Morgan fingerprint density at radius 1 is 1.43 bits per heavy atom. The van der Waals surface area contributed by atoms with Gasteiger partial charge in [0.1, 0.15) is 0 Å². The van der Waals surface area contributed by atoms with Gasteiger partial charge in [-0.15, -0.1) is 11.3 Å². The fraction of sp³-hybridized carbons (Fsp3) is 0.529. The molecule has 0 spiro atoms. The molecular weight excluding hydrogens is 310 g/mol. The van der Waals surface area contributed by atoms with Crippen LogP contribution < -0.4 is 5.32 Å². The van der Waals surface area contributed by atoms with E-state index in [9.17, 15) is 4.79 Å². The van der Waals surface area contributed by atoms with Crippen LogP contribution in [0.25, 0.3) is 10.2 Å². The number of nitrogens with one attached hydrogen (secondary N) is 1. The predicted molar refractivity (Wildman–Crippen MR) is 93.0 cm³/mol. The molecule has 0 saturated carbocycles. The summed E-state index contributed by atoms with van der Waals surface area (Å²) in [6.07, 6.45) is 0.987. The van der Waals surface area contributed by atoms with Crippen LogP contribution in [-0.4, -0.2) is 54.2 Å². The topological polar surface area (TPSA) is 54.5 Å². The number of ether oxygens (including phenoxy) is 1. The largest absolute Gasteiger partial charge is 0.379 e. The molecule has 5 nitrogen and oxygen atoms in total. The van der Waals surface area contributed by atoms with Crippen LogP contribution in [0.15, 0.2) is 23.7 Å². The first kappa shape index (κ1) is 16.4. The molecule has 0 aliphatic carbocycles. The predicted octanol–water partition coefficient (Wildman–Crippen LogP) is 2.53. The Balaban J connectivity index is 1.66. The van der Waals surface area contributed by atoms with Gasteiger partial charge in [-0.25, -0.2) is 4.98 Å². The summed E-state index contributed by atoms with van der Waals surface area (Å²) >= 11 is 1.56. The van der Waals surface area contributed by atoms with E-state index in [2.05, 4.69) is 29.0 Å². The van der Waals surface area contributed by atoms with Crippen molar-refractivity contribution in [2.75, 3.05) is 32.8 Å². The van der Waals surface area contributed by atoms with E-state index >= 15 is 0 Å². The summed E-state index contributed by atoms with van der Waals surface area (Å²) in [5.74, 6) is -0.0202. The number of thiazole rings is 1. The Hall–Kier alpha value is -1.50. The van der Waals surface area contributed by atoms with Crippen LogP contribution in [0.1, 0.15) is 30.6 Å². The zero-order valence-electron chi connectivity index (χ0n) is 13.7. The minimum atomic E-state index is -0.0337. The number of morpholine rings is 1. The van der Waals surface area contributed by atoms with Crippen LogP contribution in [0.2, 0.25) is 0 Å². The van der Waals surface area contributed by atoms with Crippen LogP contribution in [0.4, 0.5) is 0 Å². The van der Waals surface area contributed by atoms with Crippen molar-refractivity contribution in [1.82, 2.24) is 15.2 Å². The molecule has 1 aromatic carbocycles. The molecule has 1 N–H and O–H groups in total. The van der Waals surface area contributed by atoms with E-state index in [1.54, 1.807) is 16.8 Å². The zero-order valence-corrected chi connectivity index (χ0v) is 14.5. The molecule has 124 valence electrons. The quantitative estimate of drug-likeness (QED) is 0.913. The second-order valence-corrected chi connectivity index (χ2v) is 7.05. The summed E-state index contributed by atoms with van der Waals surface area (Å²) in [7, 11) is 0. The van der Waals surface area contributed by atoms with Gasteiger partial charge in [0.25, 0.3) is 5.91 Å². The Morgan fingerprint density at radius 2 is 2.22 bits per heavy atom. The van der Waals surface area contributed by atoms with Crippen molar-refractivity contribution in [3.8, 4) is 0 Å². The highest BCUT2D eigenvalue weighted by atomic mass is 32.1. The standard InChI is InChI=1S/C17H23N3O2S/c1-3-17(2,20-6-8-22-9-7-20)11-18-16(21)13-4-5-14-15(10-13)23-12-19-14/h4-5,10,12H,3,6-9,11H2,1-2H3,(H,18,21)/t17-/m0/s1. The van der Waals surface area contributed by atoms with Gasteiger partial charge in [-0.05, 0) is 31.5 Å². The fourth-order valence-corrected chi connectivity index (χ4v) is 3.65. The summed E-state index contributed by atoms with van der Waals surface area (Å²) < 4.78 is 6.48. The van der Waals surface area contributed by atoms with Gasteiger partial charge in [0, 0.05) is 30.7 Å². The third kappa shape index (κ3) is 3.54. The number of hydrogen-bond donors (Lipinski definition) is 1. The molecule has 0 bridgehead atoms. The fourth-order valence-electron chi connectivity index (χ4n) is 2.93. The van der Waals surface area contributed by atoms with Crippen LogP contribution in [0.5, 0.6) is 0 Å². The third-order valence-corrected chi connectivity index (χ3v) is 5.55. The lowest BCUT2D eigenvalue weighted by molar-refractivity contribution is -0.0169. The lowest BCUT2D eigenvalue weighted by atomic mass is 9.95. The third-order valence-electron chi connectivity index (χ3n) is 4.76. The van der Waals surface area contributed by atoms with E-state index in [1.807, 2.05) is 18.2 Å². The average Bonchev–Trinajstić information content (AvgIpc) is 3.07. The smallest absolute Gasteiger partial charge is 0.251 e. The summed E-state index contributed by atoms with van der Waals surface area (Å²) in [4.78, 5) is 19.2. The van der Waals surface area contributed by atoms with Gasteiger partial charge in [-0.3, -0.25) is 9.69 Å². The highest BCUT2D eigenvalue weighted by Crippen LogP contribution is 2.21. The zero-order chi connectivity index (χ0) is 16.3. The first-order valence-corrected chi connectivity index (χ1v) is 8.94. The molecule has 1 aliphatic heterocycles. The van der Waals surface area contributed by atoms with E-state index in [-0.39, 0.29) is 11.4 Å². The van der Waals surface area contributed by atoms with Crippen LogP contribution in [0, 0.1) is 0 Å². The number of carbonyl (C=O) groups excluding carboxylic acids is 1. The Morgan fingerprint density at radius 3 is 2.96 bits per heavy atom. The molecule has 0 radical (unpaired) electrons. The minimum Gasteiger partial charge on any atom is -0.379 e. The van der Waals surface area contributed by atoms with Crippen molar-refractivity contribution in [3.63, 3.8) is 0 Å². The molecule has 6 heteroatoms. The molecule has 1 amide bonds. The normalized spacial score (nSPS) is 18.7. The Kier molecular flexibility index (Phi) is 4.94. The van der Waals surface area contributed by atoms with Crippen molar-refractivity contribution in [2.45, 2.75) is 25.8 Å². The summed E-state index contributed by atoms with van der Waals surface area (Å²) in [6.45, 7) is 8.41. The average molecular weight is 333 g/mol. The summed E-state index contributed by atoms with van der Waals surface area (Å²) in [6, 6.07) is 5.66. The molecule has 2 heterocycles. The lowest BCUT2D eigenvalue weighted by Gasteiger charge is -2.43. The molecule has 23 heavy (non-hydrogen) atoms. The first-order valence-electron chi connectivity index (χ1n) is 8.06. The minimum absolute atomic E-state index is 0.0202. The van der Waals surface area contributed by atoms with Crippen molar-refractivity contribution >= 4 is 27.5 Å². The molecule has 2 aromatic rings. The van der Waals surface area contributed by atoms with Gasteiger partial charge in [0.2, 0.25) is 0 Å². The molecule has 3 rings (SSSR count). The van der Waals surface area contributed by atoms with Crippen LogP contribution in [0.3, 0.4) is 0 Å². The maximum atomic E-state index is 12.5. The number of benzene rings is 1. The number of hydrogen-bond acceptors (Lipinski definition) is 5. The molecule has 1 aromatic heterocycles. The monoisotopic (exact) mass is 333 g/mol. The Labute approximate surface area is 140 Å². The van der Waals surface area contributed by atoms with Gasteiger partial charge in [-0.2, -0.15) is 0 Å². The number of fused-ring (bicyclic) bond motifs is 1. The van der Waals surface area contributed by atoms with Crippen LogP contribution in [-0.2, 0) is 4.74 Å². The summed E-state index contributed by atoms with van der Waals surface area (Å²) in [5, 5.41) is 3.11. The van der Waals surface area contributed by atoms with Crippen molar-refractivity contribution in [2.24, 2.45) is 0 Å². The summed E-state index contributed by atoms with van der Waals surface area (Å²) in [5.41, 5.74) is 3.41. The van der Waals surface area contributed by atoms with E-state index in [4.69, 9.17) is 4.74 Å². The molecule has 1 atom stereocenters. The van der Waals surface area contributed by atoms with E-state index in [1.165, 1.54) is 0 Å². The molecule has 1 fully saturated rings. The highest BCUT2D eigenvalue weighted by molar-refractivity contribution is 7.16. The van der Waals surface area contributed by atoms with E-state index in [0.29, 0.717) is 12.1 Å². The van der Waals surface area contributed by atoms with Gasteiger partial charge in [0.15, 0.2) is 0 Å². The number of nitrogens with zero attached hydrogens (tertiary/aromatic N) is 2. The number of rotatable bonds is 5. The van der Waals surface area contributed by atoms with Crippen molar-refractivity contribution in [3.05, 3.63) is 29.3 Å². The second kappa shape index (κ2) is 6.95. The lowest BCUT2D eigenvalue weighted by Crippen LogP contribution is -2.56. The Bertz CT molecular complexity index is 681. The van der Waals surface area contributed by atoms with E-state index in [0.717, 1.165) is 42.9 Å². The van der Waals surface area contributed by atoms with Gasteiger partial charge >= 0.3 is 0 Å². The maximum absolute atomic E-state index is 12.5. The number of carbonyl (C=O) groups is 1. The maximum Gasteiger partial charge on any atom is 0.251 e.